The third kappa shape index (κ3) is 6.91. The summed E-state index contributed by atoms with van der Waals surface area (Å²) in [5.74, 6) is -0.704. The number of aromatic nitrogens is 4. The number of carbonyl (C=O) groups is 2. The lowest BCUT2D eigenvalue weighted by molar-refractivity contribution is -0.227. The van der Waals surface area contributed by atoms with Crippen LogP contribution < -0.4 is 10.6 Å². The second kappa shape index (κ2) is 12.0. The van der Waals surface area contributed by atoms with Crippen molar-refractivity contribution in [2.75, 3.05) is 13.2 Å². The van der Waals surface area contributed by atoms with Gasteiger partial charge in [-0.05, 0) is 62.4 Å². The number of fused-ring (bicyclic) bond motifs is 1. The van der Waals surface area contributed by atoms with Crippen LogP contribution in [0.1, 0.15) is 85.1 Å². The molecule has 1 aliphatic heterocycles. The van der Waals surface area contributed by atoms with E-state index in [9.17, 15) is 35.9 Å². The van der Waals surface area contributed by atoms with E-state index in [-0.39, 0.29) is 30.1 Å². The van der Waals surface area contributed by atoms with Gasteiger partial charge in [0.05, 0.1) is 42.4 Å². The highest BCUT2D eigenvalue weighted by Gasteiger charge is 2.49. The van der Waals surface area contributed by atoms with Crippen LogP contribution in [0.2, 0.25) is 0 Å². The van der Waals surface area contributed by atoms with Crippen LogP contribution in [0, 0.1) is 0 Å². The first-order chi connectivity index (χ1) is 21.7. The monoisotopic (exact) mass is 659 g/mol. The number of ether oxygens (including phenoxy) is 2. The zero-order valence-corrected chi connectivity index (χ0v) is 24.6. The van der Waals surface area contributed by atoms with Crippen LogP contribution in [0.25, 0.3) is 11.0 Å². The van der Waals surface area contributed by atoms with Crippen molar-refractivity contribution in [1.29, 1.82) is 0 Å². The molecule has 2 aromatic heterocycles. The van der Waals surface area contributed by atoms with Gasteiger partial charge in [0.15, 0.2) is 11.8 Å². The molecule has 3 aromatic rings. The highest BCUT2D eigenvalue weighted by Crippen LogP contribution is 2.40. The first-order valence-corrected chi connectivity index (χ1v) is 14.8. The summed E-state index contributed by atoms with van der Waals surface area (Å²) in [4.78, 5) is 34.5. The van der Waals surface area contributed by atoms with Gasteiger partial charge in [0, 0.05) is 5.92 Å². The van der Waals surface area contributed by atoms with Crippen LogP contribution in [-0.2, 0) is 9.47 Å². The van der Waals surface area contributed by atoms with E-state index < -0.39 is 61.2 Å². The van der Waals surface area contributed by atoms with Crippen molar-refractivity contribution < 1.29 is 50.0 Å². The van der Waals surface area contributed by atoms with Gasteiger partial charge in [-0.3, -0.25) is 4.79 Å². The molecule has 1 aromatic carbocycles. The number of nitrogens with one attached hydrogen (secondary N) is 3. The largest absolute Gasteiger partial charge is 0.414 e. The van der Waals surface area contributed by atoms with Gasteiger partial charge in [0.1, 0.15) is 23.6 Å². The Morgan fingerprint density at radius 1 is 1.13 bits per heavy atom. The van der Waals surface area contributed by atoms with Crippen LogP contribution in [-0.4, -0.2) is 87.0 Å². The van der Waals surface area contributed by atoms with Crippen molar-refractivity contribution in [2.45, 2.75) is 94.2 Å². The van der Waals surface area contributed by atoms with Crippen molar-refractivity contribution in [3.63, 3.8) is 0 Å². The predicted molar refractivity (Wildman–Crippen MR) is 145 cm³/mol. The molecule has 3 fully saturated rings. The van der Waals surface area contributed by atoms with Crippen LogP contribution >= 0.6 is 0 Å². The molecule has 12 nitrogen and oxygen atoms in total. The number of urea groups is 1. The summed E-state index contributed by atoms with van der Waals surface area (Å²) in [7, 11) is 0. The number of carbonyl (C=O) groups excluding carboxylic acids is 2. The van der Waals surface area contributed by atoms with Gasteiger partial charge in [0.2, 0.25) is 0 Å². The molecular formula is C28H31F6N7O5. The first kappa shape index (κ1) is 32.0. The van der Waals surface area contributed by atoms with E-state index in [2.05, 4.69) is 25.6 Å². The lowest BCUT2D eigenvalue weighted by atomic mass is 10.1. The second-order valence-corrected chi connectivity index (χ2v) is 11.9. The molecule has 18 heteroatoms. The SMILES string of the molecule is C[C@H](O[C@H](C)[C@H](NC(=O)c1nonc1C1CC1)c1nc2ccc([C@@H](COC3CC3)N3C[C@@H](C(F)(F)F)NC3=O)cc2[nH]1)C(F)(F)F. The summed E-state index contributed by atoms with van der Waals surface area (Å²) in [6, 6.07) is -0.327. The van der Waals surface area contributed by atoms with E-state index in [1.807, 2.05) is 5.32 Å². The lowest BCUT2D eigenvalue weighted by Gasteiger charge is -2.27. The fourth-order valence-corrected chi connectivity index (χ4v) is 5.31. The number of aromatic amines is 1. The van der Waals surface area contributed by atoms with Crippen LogP contribution in [0.15, 0.2) is 22.8 Å². The molecular weight excluding hydrogens is 628 g/mol. The molecule has 2 saturated carbocycles. The topological polar surface area (TPSA) is 148 Å². The van der Waals surface area contributed by atoms with Crippen molar-refractivity contribution >= 4 is 23.0 Å². The number of nitrogens with zero attached hydrogens (tertiary/aromatic N) is 4. The van der Waals surface area contributed by atoms with Crippen molar-refractivity contribution in [2.24, 2.45) is 0 Å². The number of hydrogen-bond donors (Lipinski definition) is 3. The molecule has 6 rings (SSSR count). The quantitative estimate of drug-likeness (QED) is 0.235. The second-order valence-electron chi connectivity index (χ2n) is 11.9. The maximum atomic E-state index is 13.4. The smallest absolute Gasteiger partial charge is 0.376 e. The molecule has 3 aliphatic rings. The Morgan fingerprint density at radius 3 is 2.50 bits per heavy atom. The Kier molecular flexibility index (Phi) is 8.37. The average Bonchev–Trinajstić information content (AvgIpc) is 3.86. The highest BCUT2D eigenvalue weighted by atomic mass is 19.4. The summed E-state index contributed by atoms with van der Waals surface area (Å²) in [6.07, 6.45) is -9.60. The van der Waals surface area contributed by atoms with Gasteiger partial charge < -0.3 is 30.0 Å². The number of rotatable bonds is 12. The molecule has 250 valence electrons. The maximum absolute atomic E-state index is 13.4. The molecule has 0 unspecified atom stereocenters. The summed E-state index contributed by atoms with van der Waals surface area (Å²) in [6.45, 7) is 1.52. The summed E-state index contributed by atoms with van der Waals surface area (Å²) in [5, 5.41) is 12.1. The Hall–Kier alpha value is -3.93. The van der Waals surface area contributed by atoms with Crippen LogP contribution in [0.3, 0.4) is 0 Å². The van der Waals surface area contributed by atoms with E-state index in [0.29, 0.717) is 22.3 Å². The van der Waals surface area contributed by atoms with E-state index >= 15 is 0 Å². The van der Waals surface area contributed by atoms with Gasteiger partial charge in [0.25, 0.3) is 5.91 Å². The first-order valence-electron chi connectivity index (χ1n) is 14.8. The molecule has 46 heavy (non-hydrogen) atoms. The highest BCUT2D eigenvalue weighted by molar-refractivity contribution is 5.93. The molecule has 5 atom stereocenters. The summed E-state index contributed by atoms with van der Waals surface area (Å²) < 4.78 is 96.3. The van der Waals surface area contributed by atoms with E-state index in [4.69, 9.17) is 14.1 Å². The average molecular weight is 660 g/mol. The Balaban J connectivity index is 1.30. The zero-order chi connectivity index (χ0) is 33.0. The standard InChI is InChI=1S/C28H31F6N7O5/c1-12(45-13(2)27(29,30)31)21(38-25(42)23-22(14-3-4-14)39-46-40-23)24-35-17-8-5-15(9-18(17)36-24)19(11-44-16-6-7-16)41-10-20(28(32,33)34)37-26(41)43/h5,8-9,12-14,16,19-21H,3-4,6-7,10-11H2,1-2H3,(H,35,36)(H,37,43)(H,38,42)/t12-,13+,19-,20+,21+/m1/s1. The molecule has 3 heterocycles. The zero-order valence-electron chi connectivity index (χ0n) is 24.6. The van der Waals surface area contributed by atoms with Gasteiger partial charge in [-0.25, -0.2) is 14.4 Å². The Morgan fingerprint density at radius 2 is 1.87 bits per heavy atom. The van der Waals surface area contributed by atoms with E-state index in [1.54, 1.807) is 18.2 Å². The number of halogens is 6. The Bertz CT molecular complexity index is 1580. The van der Waals surface area contributed by atoms with Gasteiger partial charge in [-0.2, -0.15) is 26.3 Å². The van der Waals surface area contributed by atoms with Crippen molar-refractivity contribution in [3.8, 4) is 0 Å². The molecule has 3 amide bonds. The number of imidazole rings is 1. The Labute approximate surface area is 257 Å². The number of alkyl halides is 6. The summed E-state index contributed by atoms with van der Waals surface area (Å²) >= 11 is 0. The minimum Gasteiger partial charge on any atom is -0.376 e. The third-order valence-electron chi connectivity index (χ3n) is 8.26. The number of amides is 3. The fraction of sp³-hybridized carbons (Fsp3) is 0.607. The number of benzene rings is 1. The molecule has 2 aliphatic carbocycles. The van der Waals surface area contributed by atoms with Crippen molar-refractivity contribution in [3.05, 3.63) is 41.0 Å². The molecule has 0 radical (unpaired) electrons. The van der Waals surface area contributed by atoms with Gasteiger partial charge in [-0.1, -0.05) is 11.2 Å². The minimum absolute atomic E-state index is 0.00469. The molecule has 0 bridgehead atoms. The molecule has 3 N–H and O–H groups in total. The van der Waals surface area contributed by atoms with Crippen LogP contribution in [0.4, 0.5) is 31.1 Å². The van der Waals surface area contributed by atoms with E-state index in [0.717, 1.165) is 37.5 Å². The molecule has 1 saturated heterocycles. The fourth-order valence-electron chi connectivity index (χ4n) is 5.31. The maximum Gasteiger partial charge on any atom is 0.414 e. The number of H-pyrrole nitrogens is 1. The third-order valence-corrected chi connectivity index (χ3v) is 8.26. The molecule has 0 spiro atoms. The lowest BCUT2D eigenvalue weighted by Crippen LogP contribution is -2.41. The van der Waals surface area contributed by atoms with Gasteiger partial charge in [-0.15, -0.1) is 0 Å². The van der Waals surface area contributed by atoms with Crippen LogP contribution in [0.5, 0.6) is 0 Å². The van der Waals surface area contributed by atoms with Crippen molar-refractivity contribution in [1.82, 2.24) is 35.8 Å². The number of hydrogen-bond acceptors (Lipinski definition) is 8. The minimum atomic E-state index is -4.68. The normalized spacial score (nSPS) is 21.7. The van der Waals surface area contributed by atoms with E-state index in [1.165, 1.54) is 6.92 Å². The van der Waals surface area contributed by atoms with Gasteiger partial charge >= 0.3 is 18.4 Å². The predicted octanol–water partition coefficient (Wildman–Crippen LogP) is 4.83. The summed E-state index contributed by atoms with van der Waals surface area (Å²) in [5.41, 5.74) is 1.40.